The SMILES string of the molecule is CNC(=O)c1cccc(NC(COC)C2CC2)c1. The van der Waals surface area contributed by atoms with Crippen molar-refractivity contribution < 1.29 is 9.53 Å². The Bertz CT molecular complexity index is 416. The lowest BCUT2D eigenvalue weighted by Crippen LogP contribution is -2.27. The largest absolute Gasteiger partial charge is 0.383 e. The van der Waals surface area contributed by atoms with Crippen molar-refractivity contribution in [3.63, 3.8) is 0 Å². The van der Waals surface area contributed by atoms with E-state index < -0.39 is 0 Å². The highest BCUT2D eigenvalue weighted by Gasteiger charge is 2.31. The van der Waals surface area contributed by atoms with E-state index in [4.69, 9.17) is 4.74 Å². The summed E-state index contributed by atoms with van der Waals surface area (Å²) in [5.74, 6) is 0.641. The summed E-state index contributed by atoms with van der Waals surface area (Å²) in [5, 5.41) is 6.09. The molecule has 1 amide bonds. The van der Waals surface area contributed by atoms with Gasteiger partial charge in [-0.25, -0.2) is 0 Å². The zero-order chi connectivity index (χ0) is 13.0. The summed E-state index contributed by atoms with van der Waals surface area (Å²) >= 11 is 0. The van der Waals surface area contributed by atoms with E-state index in [1.807, 2.05) is 24.3 Å². The Hall–Kier alpha value is -1.55. The van der Waals surface area contributed by atoms with Gasteiger partial charge in [-0.3, -0.25) is 4.79 Å². The van der Waals surface area contributed by atoms with Gasteiger partial charge in [0.15, 0.2) is 0 Å². The molecule has 0 saturated heterocycles. The van der Waals surface area contributed by atoms with Gasteiger partial charge in [0, 0.05) is 25.4 Å². The highest BCUT2D eigenvalue weighted by Crippen LogP contribution is 2.34. The van der Waals surface area contributed by atoms with E-state index in [1.165, 1.54) is 12.8 Å². The summed E-state index contributed by atoms with van der Waals surface area (Å²) in [7, 11) is 3.36. The van der Waals surface area contributed by atoms with Gasteiger partial charge in [-0.05, 0) is 37.0 Å². The molecule has 0 radical (unpaired) electrons. The van der Waals surface area contributed by atoms with E-state index in [1.54, 1.807) is 14.2 Å². The molecule has 1 aromatic carbocycles. The number of methoxy groups -OCH3 is 1. The minimum Gasteiger partial charge on any atom is -0.383 e. The molecule has 1 aromatic rings. The molecule has 1 aliphatic rings. The standard InChI is InChI=1S/C14H20N2O2/c1-15-14(17)11-4-3-5-12(8-11)16-13(9-18-2)10-6-7-10/h3-5,8,10,13,16H,6-7,9H2,1-2H3,(H,15,17). The fourth-order valence-corrected chi connectivity index (χ4v) is 2.08. The molecule has 0 aliphatic heterocycles. The number of anilines is 1. The van der Waals surface area contributed by atoms with Crippen LogP contribution in [0.1, 0.15) is 23.2 Å². The van der Waals surface area contributed by atoms with Gasteiger partial charge in [0.05, 0.1) is 12.6 Å². The van der Waals surface area contributed by atoms with Crippen LogP contribution in [0.5, 0.6) is 0 Å². The monoisotopic (exact) mass is 248 g/mol. The molecule has 1 aliphatic carbocycles. The number of benzene rings is 1. The predicted octanol–water partition coefficient (Wildman–Crippen LogP) is 1.88. The van der Waals surface area contributed by atoms with Crippen LogP contribution in [0.2, 0.25) is 0 Å². The highest BCUT2D eigenvalue weighted by molar-refractivity contribution is 5.94. The van der Waals surface area contributed by atoms with Gasteiger partial charge in [0.25, 0.3) is 5.91 Å². The Morgan fingerprint density at radius 1 is 1.50 bits per heavy atom. The molecule has 1 saturated carbocycles. The van der Waals surface area contributed by atoms with Crippen LogP contribution in [-0.2, 0) is 4.74 Å². The average Bonchev–Trinajstić information content (AvgIpc) is 3.22. The van der Waals surface area contributed by atoms with Gasteiger partial charge in [-0.1, -0.05) is 6.07 Å². The minimum absolute atomic E-state index is 0.0617. The third-order valence-corrected chi connectivity index (χ3v) is 3.24. The van der Waals surface area contributed by atoms with Crippen molar-refractivity contribution in [3.05, 3.63) is 29.8 Å². The smallest absolute Gasteiger partial charge is 0.251 e. The average molecular weight is 248 g/mol. The van der Waals surface area contributed by atoms with Gasteiger partial charge in [0.1, 0.15) is 0 Å². The lowest BCUT2D eigenvalue weighted by atomic mass is 10.1. The number of carbonyl (C=O) groups excluding carboxylic acids is 1. The molecule has 4 nitrogen and oxygen atoms in total. The van der Waals surface area contributed by atoms with Gasteiger partial charge in [0.2, 0.25) is 0 Å². The summed E-state index contributed by atoms with van der Waals surface area (Å²) in [4.78, 5) is 11.6. The quantitative estimate of drug-likeness (QED) is 0.808. The van der Waals surface area contributed by atoms with Crippen LogP contribution in [0, 0.1) is 5.92 Å². The molecule has 0 bridgehead atoms. The molecule has 0 aromatic heterocycles. The summed E-state index contributed by atoms with van der Waals surface area (Å²) in [5.41, 5.74) is 1.65. The van der Waals surface area contributed by atoms with E-state index in [9.17, 15) is 4.79 Å². The fourth-order valence-electron chi connectivity index (χ4n) is 2.08. The molecule has 1 atom stereocenters. The van der Waals surface area contributed by atoms with E-state index in [0.717, 1.165) is 5.69 Å². The maximum absolute atomic E-state index is 11.6. The number of rotatable bonds is 6. The second-order valence-electron chi connectivity index (χ2n) is 4.70. The third kappa shape index (κ3) is 3.23. The van der Waals surface area contributed by atoms with Crippen LogP contribution >= 0.6 is 0 Å². The third-order valence-electron chi connectivity index (χ3n) is 3.24. The maximum Gasteiger partial charge on any atom is 0.251 e. The number of hydrogen-bond acceptors (Lipinski definition) is 3. The maximum atomic E-state index is 11.6. The highest BCUT2D eigenvalue weighted by atomic mass is 16.5. The summed E-state index contributed by atoms with van der Waals surface area (Å²) < 4.78 is 5.23. The van der Waals surface area contributed by atoms with Crippen LogP contribution in [0.25, 0.3) is 0 Å². The predicted molar refractivity (Wildman–Crippen MR) is 71.8 cm³/mol. The Morgan fingerprint density at radius 3 is 2.89 bits per heavy atom. The normalized spacial score (nSPS) is 16.1. The van der Waals surface area contributed by atoms with E-state index in [2.05, 4.69) is 10.6 Å². The van der Waals surface area contributed by atoms with Crippen molar-refractivity contribution in [2.75, 3.05) is 26.1 Å². The van der Waals surface area contributed by atoms with Crippen molar-refractivity contribution in [1.29, 1.82) is 0 Å². The zero-order valence-corrected chi connectivity index (χ0v) is 10.9. The Balaban J connectivity index is 2.05. The summed E-state index contributed by atoms with van der Waals surface area (Å²) in [6.07, 6.45) is 2.52. The van der Waals surface area contributed by atoms with E-state index >= 15 is 0 Å². The van der Waals surface area contributed by atoms with Crippen molar-refractivity contribution in [1.82, 2.24) is 5.32 Å². The number of hydrogen-bond donors (Lipinski definition) is 2. The number of ether oxygens (including phenoxy) is 1. The first-order valence-electron chi connectivity index (χ1n) is 6.32. The molecule has 0 heterocycles. The van der Waals surface area contributed by atoms with Crippen LogP contribution in [0.15, 0.2) is 24.3 Å². The summed E-state index contributed by atoms with van der Waals surface area (Å²) in [6.45, 7) is 0.703. The van der Waals surface area contributed by atoms with Crippen LogP contribution < -0.4 is 10.6 Å². The number of amides is 1. The van der Waals surface area contributed by atoms with E-state index in [-0.39, 0.29) is 5.91 Å². The molecular formula is C14H20N2O2. The first-order valence-corrected chi connectivity index (χ1v) is 6.32. The number of carbonyl (C=O) groups is 1. The molecule has 4 heteroatoms. The summed E-state index contributed by atoms with van der Waals surface area (Å²) in [6, 6.07) is 7.91. The van der Waals surface area contributed by atoms with Gasteiger partial charge in [-0.15, -0.1) is 0 Å². The zero-order valence-electron chi connectivity index (χ0n) is 10.9. The molecule has 1 fully saturated rings. The van der Waals surface area contributed by atoms with Crippen LogP contribution in [-0.4, -0.2) is 32.7 Å². The second kappa shape index (κ2) is 5.87. The Morgan fingerprint density at radius 2 is 2.28 bits per heavy atom. The molecule has 18 heavy (non-hydrogen) atoms. The van der Waals surface area contributed by atoms with Crippen molar-refractivity contribution in [3.8, 4) is 0 Å². The van der Waals surface area contributed by atoms with Gasteiger partial charge in [-0.2, -0.15) is 0 Å². The lowest BCUT2D eigenvalue weighted by molar-refractivity contribution is 0.0963. The Labute approximate surface area is 108 Å². The first-order chi connectivity index (χ1) is 8.74. The fraction of sp³-hybridized carbons (Fsp3) is 0.500. The molecule has 2 rings (SSSR count). The van der Waals surface area contributed by atoms with Crippen molar-refractivity contribution in [2.45, 2.75) is 18.9 Å². The second-order valence-corrected chi connectivity index (χ2v) is 4.70. The first kappa shape index (κ1) is 12.9. The van der Waals surface area contributed by atoms with Crippen molar-refractivity contribution in [2.24, 2.45) is 5.92 Å². The molecular weight excluding hydrogens is 228 g/mol. The van der Waals surface area contributed by atoms with Crippen molar-refractivity contribution >= 4 is 11.6 Å². The minimum atomic E-state index is -0.0617. The molecule has 0 spiro atoms. The van der Waals surface area contributed by atoms with Crippen LogP contribution in [0.3, 0.4) is 0 Å². The topological polar surface area (TPSA) is 50.4 Å². The molecule has 2 N–H and O–H groups in total. The van der Waals surface area contributed by atoms with Gasteiger partial charge < -0.3 is 15.4 Å². The van der Waals surface area contributed by atoms with E-state index in [0.29, 0.717) is 24.1 Å². The molecule has 1 unspecified atom stereocenters. The number of nitrogens with one attached hydrogen (secondary N) is 2. The lowest BCUT2D eigenvalue weighted by Gasteiger charge is -2.19. The van der Waals surface area contributed by atoms with Crippen LogP contribution in [0.4, 0.5) is 5.69 Å². The molecule has 98 valence electrons. The Kier molecular flexibility index (Phi) is 4.20. The van der Waals surface area contributed by atoms with Gasteiger partial charge >= 0.3 is 0 Å².